The van der Waals surface area contributed by atoms with Crippen LogP contribution in [0.5, 0.6) is 0 Å². The second-order valence-electron chi connectivity index (χ2n) is 4.81. The number of carbonyl (C=O) groups is 1. The molecule has 2 rings (SSSR count). The van der Waals surface area contributed by atoms with Gasteiger partial charge in [-0.15, -0.1) is 0 Å². The lowest BCUT2D eigenvalue weighted by Gasteiger charge is -2.18. The van der Waals surface area contributed by atoms with Gasteiger partial charge < -0.3 is 15.8 Å². The summed E-state index contributed by atoms with van der Waals surface area (Å²) in [5.41, 5.74) is 6.44. The second-order valence-corrected chi connectivity index (χ2v) is 5.22. The Bertz CT molecular complexity index is 453. The molecule has 1 amide bonds. The largest absolute Gasteiger partial charge is 0.364 e. The highest BCUT2D eigenvalue weighted by Crippen LogP contribution is 2.24. The number of rotatable bonds is 4. The van der Waals surface area contributed by atoms with Crippen molar-refractivity contribution in [1.29, 1.82) is 0 Å². The van der Waals surface area contributed by atoms with Crippen molar-refractivity contribution in [2.75, 3.05) is 6.54 Å². The molecule has 104 valence electrons. The van der Waals surface area contributed by atoms with Crippen molar-refractivity contribution in [3.05, 3.63) is 34.9 Å². The van der Waals surface area contributed by atoms with Crippen molar-refractivity contribution in [2.45, 2.75) is 38.0 Å². The number of hydrogen-bond donors (Lipinski definition) is 2. The predicted molar refractivity (Wildman–Crippen MR) is 75.0 cm³/mol. The average Bonchev–Trinajstić information content (AvgIpc) is 2.88. The van der Waals surface area contributed by atoms with Gasteiger partial charge in [0.25, 0.3) is 0 Å². The lowest BCUT2D eigenvalue weighted by atomic mass is 10.1. The van der Waals surface area contributed by atoms with Gasteiger partial charge in [0, 0.05) is 11.6 Å². The van der Waals surface area contributed by atoms with Crippen LogP contribution in [-0.2, 0) is 9.53 Å². The van der Waals surface area contributed by atoms with Crippen LogP contribution < -0.4 is 11.1 Å². The highest BCUT2D eigenvalue weighted by atomic mass is 35.5. The van der Waals surface area contributed by atoms with E-state index in [1.807, 2.05) is 31.2 Å². The zero-order valence-corrected chi connectivity index (χ0v) is 11.7. The standard InChI is InChI=1S/C14H19ClN2O2/c1-9(11-4-2-3-5-12(11)15)17-14(18)13-7-6-10(8-16)19-13/h2-5,9-10,13H,6-8,16H2,1H3,(H,17,18)/t9-,10?,13?/m0/s1. The maximum absolute atomic E-state index is 12.1. The number of halogens is 1. The summed E-state index contributed by atoms with van der Waals surface area (Å²) in [5, 5.41) is 3.59. The lowest BCUT2D eigenvalue weighted by molar-refractivity contribution is -0.132. The molecule has 4 nitrogen and oxygen atoms in total. The number of benzene rings is 1. The summed E-state index contributed by atoms with van der Waals surface area (Å²) in [6.07, 6.45) is 1.18. The van der Waals surface area contributed by atoms with Crippen LogP contribution in [0.4, 0.5) is 0 Å². The van der Waals surface area contributed by atoms with Crippen LogP contribution in [0.15, 0.2) is 24.3 Å². The van der Waals surface area contributed by atoms with E-state index in [4.69, 9.17) is 22.1 Å². The molecule has 0 aromatic heterocycles. The molecule has 1 aromatic rings. The van der Waals surface area contributed by atoms with E-state index in [-0.39, 0.29) is 18.1 Å². The van der Waals surface area contributed by atoms with E-state index in [1.54, 1.807) is 0 Å². The van der Waals surface area contributed by atoms with Gasteiger partial charge in [-0.25, -0.2) is 0 Å². The van der Waals surface area contributed by atoms with Gasteiger partial charge in [-0.1, -0.05) is 29.8 Å². The molecule has 0 aliphatic carbocycles. The number of amides is 1. The molecule has 0 bridgehead atoms. The molecule has 2 unspecified atom stereocenters. The van der Waals surface area contributed by atoms with Crippen molar-refractivity contribution in [3.63, 3.8) is 0 Å². The van der Waals surface area contributed by atoms with E-state index in [1.165, 1.54) is 0 Å². The van der Waals surface area contributed by atoms with Gasteiger partial charge >= 0.3 is 0 Å². The minimum absolute atomic E-state index is 0.00590. The van der Waals surface area contributed by atoms with Gasteiger partial charge in [0.2, 0.25) is 5.91 Å². The number of ether oxygens (including phenoxy) is 1. The first kappa shape index (κ1) is 14.3. The first-order valence-corrected chi connectivity index (χ1v) is 6.90. The molecule has 3 N–H and O–H groups in total. The van der Waals surface area contributed by atoms with Crippen LogP contribution in [0.3, 0.4) is 0 Å². The summed E-state index contributed by atoms with van der Waals surface area (Å²) in [4.78, 5) is 12.1. The van der Waals surface area contributed by atoms with Crippen LogP contribution in [-0.4, -0.2) is 24.7 Å². The number of nitrogens with two attached hydrogens (primary N) is 1. The summed E-state index contributed by atoms with van der Waals surface area (Å²) in [6, 6.07) is 7.36. The Morgan fingerprint density at radius 2 is 2.26 bits per heavy atom. The van der Waals surface area contributed by atoms with E-state index in [0.29, 0.717) is 11.6 Å². The van der Waals surface area contributed by atoms with E-state index < -0.39 is 6.10 Å². The van der Waals surface area contributed by atoms with E-state index in [0.717, 1.165) is 18.4 Å². The molecule has 0 radical (unpaired) electrons. The molecule has 0 spiro atoms. The molecule has 3 atom stereocenters. The number of carbonyl (C=O) groups excluding carboxylic acids is 1. The zero-order valence-electron chi connectivity index (χ0n) is 10.9. The fraction of sp³-hybridized carbons (Fsp3) is 0.500. The predicted octanol–water partition coefficient (Wildman–Crippen LogP) is 2.02. The van der Waals surface area contributed by atoms with Crippen molar-refractivity contribution >= 4 is 17.5 Å². The quantitative estimate of drug-likeness (QED) is 0.888. The van der Waals surface area contributed by atoms with Gasteiger partial charge in [0.15, 0.2) is 0 Å². The molecular formula is C14H19ClN2O2. The number of nitrogens with one attached hydrogen (secondary N) is 1. The number of hydrogen-bond acceptors (Lipinski definition) is 3. The minimum atomic E-state index is -0.390. The van der Waals surface area contributed by atoms with Crippen molar-refractivity contribution in [1.82, 2.24) is 5.32 Å². The average molecular weight is 283 g/mol. The minimum Gasteiger partial charge on any atom is -0.364 e. The summed E-state index contributed by atoms with van der Waals surface area (Å²) in [6.45, 7) is 2.37. The molecule has 0 saturated carbocycles. The summed E-state index contributed by atoms with van der Waals surface area (Å²) in [7, 11) is 0. The molecule has 1 fully saturated rings. The van der Waals surface area contributed by atoms with Crippen LogP contribution in [0.25, 0.3) is 0 Å². The van der Waals surface area contributed by atoms with Gasteiger partial charge in [-0.05, 0) is 31.4 Å². The van der Waals surface area contributed by atoms with E-state index >= 15 is 0 Å². The first-order chi connectivity index (χ1) is 9.11. The maximum Gasteiger partial charge on any atom is 0.249 e. The topological polar surface area (TPSA) is 64.4 Å². The molecule has 1 aliphatic heterocycles. The van der Waals surface area contributed by atoms with Crippen LogP contribution in [0.2, 0.25) is 5.02 Å². The highest BCUT2D eigenvalue weighted by Gasteiger charge is 2.30. The molecule has 1 aromatic carbocycles. The Morgan fingerprint density at radius 3 is 2.89 bits per heavy atom. The van der Waals surface area contributed by atoms with Crippen molar-refractivity contribution in [3.8, 4) is 0 Å². The lowest BCUT2D eigenvalue weighted by Crippen LogP contribution is -2.37. The molecule has 1 saturated heterocycles. The first-order valence-electron chi connectivity index (χ1n) is 6.52. The highest BCUT2D eigenvalue weighted by molar-refractivity contribution is 6.31. The smallest absolute Gasteiger partial charge is 0.249 e. The Morgan fingerprint density at radius 1 is 1.53 bits per heavy atom. The second kappa shape index (κ2) is 6.37. The van der Waals surface area contributed by atoms with E-state index in [2.05, 4.69) is 5.32 Å². The van der Waals surface area contributed by atoms with Crippen molar-refractivity contribution < 1.29 is 9.53 Å². The summed E-state index contributed by atoms with van der Waals surface area (Å²) in [5.74, 6) is -0.0941. The maximum atomic E-state index is 12.1. The molecule has 5 heteroatoms. The fourth-order valence-corrected chi connectivity index (χ4v) is 2.58. The molecular weight excluding hydrogens is 264 g/mol. The zero-order chi connectivity index (χ0) is 13.8. The third-order valence-corrected chi connectivity index (χ3v) is 3.74. The van der Waals surface area contributed by atoms with E-state index in [9.17, 15) is 4.79 Å². The van der Waals surface area contributed by atoms with Gasteiger partial charge in [-0.3, -0.25) is 4.79 Å². The normalized spacial score (nSPS) is 24.2. The van der Waals surface area contributed by atoms with Gasteiger partial charge in [0.1, 0.15) is 6.10 Å². The Kier molecular flexibility index (Phi) is 4.80. The Balaban J connectivity index is 1.94. The van der Waals surface area contributed by atoms with Crippen LogP contribution in [0.1, 0.15) is 31.4 Å². The monoisotopic (exact) mass is 282 g/mol. The van der Waals surface area contributed by atoms with Crippen LogP contribution in [0, 0.1) is 0 Å². The fourth-order valence-electron chi connectivity index (χ4n) is 2.28. The molecule has 1 heterocycles. The molecule has 19 heavy (non-hydrogen) atoms. The van der Waals surface area contributed by atoms with Gasteiger partial charge in [0.05, 0.1) is 12.1 Å². The van der Waals surface area contributed by atoms with Crippen LogP contribution >= 0.6 is 11.6 Å². The third kappa shape index (κ3) is 3.47. The Hall–Kier alpha value is -1.10. The summed E-state index contributed by atoms with van der Waals surface area (Å²) < 4.78 is 5.57. The van der Waals surface area contributed by atoms with Gasteiger partial charge in [-0.2, -0.15) is 0 Å². The van der Waals surface area contributed by atoms with Crippen molar-refractivity contribution in [2.24, 2.45) is 5.73 Å². The Labute approximate surface area is 118 Å². The third-order valence-electron chi connectivity index (χ3n) is 3.39. The summed E-state index contributed by atoms with van der Waals surface area (Å²) >= 11 is 6.11. The molecule has 1 aliphatic rings. The SMILES string of the molecule is C[C@H](NC(=O)C1CCC(CN)O1)c1ccccc1Cl.